The van der Waals surface area contributed by atoms with Crippen LogP contribution in [0.2, 0.25) is 0 Å². The standard InChI is InChI=1S/C12H19NO2/c1-11(2,3)9-4-6-12(8-13,7-5-9)10(14)15/h9H,4-7H2,1-3H3,(H,14,15). The van der Waals surface area contributed by atoms with Crippen molar-refractivity contribution in [1.82, 2.24) is 0 Å². The van der Waals surface area contributed by atoms with Crippen LogP contribution in [0.15, 0.2) is 0 Å². The third kappa shape index (κ3) is 2.31. The first-order valence-electron chi connectivity index (χ1n) is 5.46. The van der Waals surface area contributed by atoms with Gasteiger partial charge in [0.05, 0.1) is 6.07 Å². The number of nitriles is 1. The Morgan fingerprint density at radius 2 is 1.87 bits per heavy atom. The predicted molar refractivity (Wildman–Crippen MR) is 57.1 cm³/mol. The highest BCUT2D eigenvalue weighted by atomic mass is 16.4. The Morgan fingerprint density at radius 1 is 1.40 bits per heavy atom. The smallest absolute Gasteiger partial charge is 0.324 e. The highest BCUT2D eigenvalue weighted by molar-refractivity contribution is 5.78. The van der Waals surface area contributed by atoms with Gasteiger partial charge in [0.15, 0.2) is 5.41 Å². The molecule has 0 aromatic rings. The summed E-state index contributed by atoms with van der Waals surface area (Å²) in [5.74, 6) is -0.407. The molecule has 0 unspecified atom stereocenters. The van der Waals surface area contributed by atoms with E-state index in [1.807, 2.05) is 6.07 Å². The fourth-order valence-corrected chi connectivity index (χ4v) is 2.35. The minimum absolute atomic E-state index is 0.222. The normalized spacial score (nSPS) is 32.0. The van der Waals surface area contributed by atoms with Crippen molar-refractivity contribution in [2.45, 2.75) is 46.5 Å². The van der Waals surface area contributed by atoms with Crippen LogP contribution in [0.5, 0.6) is 0 Å². The zero-order valence-corrected chi connectivity index (χ0v) is 9.71. The van der Waals surface area contributed by atoms with Gasteiger partial charge in [-0.25, -0.2) is 0 Å². The van der Waals surface area contributed by atoms with Crippen LogP contribution in [-0.2, 0) is 4.79 Å². The van der Waals surface area contributed by atoms with Crippen molar-refractivity contribution >= 4 is 5.97 Å². The lowest BCUT2D eigenvalue weighted by molar-refractivity contribution is -0.148. The molecule has 0 amide bonds. The van der Waals surface area contributed by atoms with Gasteiger partial charge in [-0.3, -0.25) is 4.79 Å². The molecule has 84 valence electrons. The third-order valence-corrected chi connectivity index (χ3v) is 3.69. The molecular formula is C12H19NO2. The van der Waals surface area contributed by atoms with Crippen molar-refractivity contribution < 1.29 is 9.90 Å². The molecule has 1 N–H and O–H groups in total. The second kappa shape index (κ2) is 3.84. The van der Waals surface area contributed by atoms with Crippen LogP contribution in [0.25, 0.3) is 0 Å². The van der Waals surface area contributed by atoms with Crippen molar-refractivity contribution in [1.29, 1.82) is 5.26 Å². The molecule has 3 nitrogen and oxygen atoms in total. The zero-order chi connectivity index (χ0) is 11.7. The molecule has 3 heteroatoms. The SMILES string of the molecule is CC(C)(C)C1CCC(C#N)(C(=O)O)CC1. The van der Waals surface area contributed by atoms with Gasteiger partial charge in [-0.1, -0.05) is 20.8 Å². The Labute approximate surface area is 91.1 Å². The van der Waals surface area contributed by atoms with Crippen molar-refractivity contribution in [3.63, 3.8) is 0 Å². The number of carbonyl (C=O) groups is 1. The minimum Gasteiger partial charge on any atom is -0.480 e. The number of rotatable bonds is 1. The monoisotopic (exact) mass is 209 g/mol. The summed E-state index contributed by atoms with van der Waals surface area (Å²) in [6.07, 6.45) is 2.70. The van der Waals surface area contributed by atoms with E-state index < -0.39 is 11.4 Å². The lowest BCUT2D eigenvalue weighted by Crippen LogP contribution is -2.37. The molecule has 1 fully saturated rings. The number of carboxylic acids is 1. The highest BCUT2D eigenvalue weighted by Gasteiger charge is 2.44. The fourth-order valence-electron chi connectivity index (χ4n) is 2.35. The van der Waals surface area contributed by atoms with E-state index in [0.717, 1.165) is 12.8 Å². The van der Waals surface area contributed by atoms with Gasteiger partial charge < -0.3 is 5.11 Å². The van der Waals surface area contributed by atoms with Gasteiger partial charge in [0, 0.05) is 0 Å². The average molecular weight is 209 g/mol. The largest absolute Gasteiger partial charge is 0.480 e. The maximum atomic E-state index is 11.0. The summed E-state index contributed by atoms with van der Waals surface area (Å²) < 4.78 is 0. The Hall–Kier alpha value is -1.04. The molecule has 1 aliphatic carbocycles. The summed E-state index contributed by atoms with van der Waals surface area (Å²) in [6, 6.07) is 1.99. The van der Waals surface area contributed by atoms with Crippen LogP contribution < -0.4 is 0 Å². The van der Waals surface area contributed by atoms with Gasteiger partial charge in [-0.15, -0.1) is 0 Å². The van der Waals surface area contributed by atoms with Crippen molar-refractivity contribution in [2.24, 2.45) is 16.7 Å². The topological polar surface area (TPSA) is 61.1 Å². The van der Waals surface area contributed by atoms with E-state index in [1.165, 1.54) is 0 Å². The Balaban J connectivity index is 2.71. The molecule has 0 heterocycles. The van der Waals surface area contributed by atoms with Gasteiger partial charge in [0.2, 0.25) is 0 Å². The van der Waals surface area contributed by atoms with E-state index in [1.54, 1.807) is 0 Å². The van der Waals surface area contributed by atoms with E-state index in [-0.39, 0.29) is 5.41 Å². The van der Waals surface area contributed by atoms with Gasteiger partial charge in [0.1, 0.15) is 0 Å². The second-order valence-electron chi connectivity index (χ2n) is 5.64. The number of nitrogens with zero attached hydrogens (tertiary/aromatic N) is 1. The lowest BCUT2D eigenvalue weighted by Gasteiger charge is -2.38. The summed E-state index contributed by atoms with van der Waals surface area (Å²) in [6.45, 7) is 6.54. The number of aliphatic carboxylic acids is 1. The summed E-state index contributed by atoms with van der Waals surface area (Å²) in [5.41, 5.74) is -0.887. The molecule has 0 atom stereocenters. The van der Waals surface area contributed by atoms with E-state index >= 15 is 0 Å². The molecule has 0 bridgehead atoms. The Kier molecular flexibility index (Phi) is 3.08. The number of hydrogen-bond donors (Lipinski definition) is 1. The predicted octanol–water partition coefficient (Wildman–Crippen LogP) is 2.82. The molecule has 1 aliphatic rings. The molecule has 0 saturated heterocycles. The molecule has 0 radical (unpaired) electrons. The molecule has 1 rings (SSSR count). The van der Waals surface area contributed by atoms with Gasteiger partial charge in [0.25, 0.3) is 0 Å². The molecule has 0 spiro atoms. The van der Waals surface area contributed by atoms with Crippen molar-refractivity contribution in [3.8, 4) is 6.07 Å². The summed E-state index contributed by atoms with van der Waals surface area (Å²) >= 11 is 0. The lowest BCUT2D eigenvalue weighted by atomic mass is 9.64. The first kappa shape index (κ1) is 12.0. The first-order chi connectivity index (χ1) is 6.82. The minimum atomic E-state index is -1.11. The summed E-state index contributed by atoms with van der Waals surface area (Å²) in [7, 11) is 0. The fraction of sp³-hybridized carbons (Fsp3) is 0.833. The maximum absolute atomic E-state index is 11.0. The molecule has 15 heavy (non-hydrogen) atoms. The van der Waals surface area contributed by atoms with Crippen molar-refractivity contribution in [2.75, 3.05) is 0 Å². The summed E-state index contributed by atoms with van der Waals surface area (Å²) in [4.78, 5) is 11.0. The van der Waals surface area contributed by atoms with Crippen LogP contribution >= 0.6 is 0 Å². The van der Waals surface area contributed by atoms with Gasteiger partial charge >= 0.3 is 5.97 Å². The second-order valence-corrected chi connectivity index (χ2v) is 5.64. The van der Waals surface area contributed by atoms with E-state index in [9.17, 15) is 4.79 Å². The van der Waals surface area contributed by atoms with Gasteiger partial charge in [-0.05, 0) is 37.0 Å². The molecule has 0 aromatic heterocycles. The van der Waals surface area contributed by atoms with E-state index in [0.29, 0.717) is 18.8 Å². The Bertz CT molecular complexity index is 288. The van der Waals surface area contributed by atoms with Crippen LogP contribution in [0.3, 0.4) is 0 Å². The van der Waals surface area contributed by atoms with Crippen LogP contribution in [0, 0.1) is 28.1 Å². The molecular weight excluding hydrogens is 190 g/mol. The third-order valence-electron chi connectivity index (χ3n) is 3.69. The maximum Gasteiger partial charge on any atom is 0.324 e. The zero-order valence-electron chi connectivity index (χ0n) is 9.71. The number of hydrogen-bond acceptors (Lipinski definition) is 2. The first-order valence-corrected chi connectivity index (χ1v) is 5.46. The molecule has 1 saturated carbocycles. The Morgan fingerprint density at radius 3 is 2.13 bits per heavy atom. The highest BCUT2D eigenvalue weighted by Crippen LogP contribution is 2.45. The molecule has 0 aliphatic heterocycles. The average Bonchev–Trinajstić information content (AvgIpc) is 2.16. The molecule has 0 aromatic carbocycles. The quantitative estimate of drug-likeness (QED) is 0.722. The summed E-state index contributed by atoms with van der Waals surface area (Å²) in [5, 5.41) is 18.0. The van der Waals surface area contributed by atoms with Crippen molar-refractivity contribution in [3.05, 3.63) is 0 Å². The van der Waals surface area contributed by atoms with Gasteiger partial charge in [-0.2, -0.15) is 5.26 Å². The van der Waals surface area contributed by atoms with E-state index in [4.69, 9.17) is 10.4 Å². The van der Waals surface area contributed by atoms with E-state index in [2.05, 4.69) is 20.8 Å². The van der Waals surface area contributed by atoms with Crippen LogP contribution in [0.1, 0.15) is 46.5 Å². The number of carboxylic acid groups (broad SMARTS) is 1. The van der Waals surface area contributed by atoms with Crippen LogP contribution in [0.4, 0.5) is 0 Å². The van der Waals surface area contributed by atoms with Crippen LogP contribution in [-0.4, -0.2) is 11.1 Å².